The van der Waals surface area contributed by atoms with Crippen molar-refractivity contribution in [2.45, 2.75) is 31.3 Å². The zero-order valence-corrected chi connectivity index (χ0v) is 11.6. The van der Waals surface area contributed by atoms with Crippen molar-refractivity contribution < 1.29 is 4.74 Å². The fourth-order valence-corrected chi connectivity index (χ4v) is 3.55. The Kier molecular flexibility index (Phi) is 3.96. The van der Waals surface area contributed by atoms with Crippen molar-refractivity contribution in [1.29, 1.82) is 0 Å². The number of alkyl halides is 1. The smallest absolute Gasteiger partial charge is 0.159 e. The predicted molar refractivity (Wildman–Crippen MR) is 69.1 cm³/mol. The SMILES string of the molecule is C[C@@H]1CN(C2=NCC(CBr)S2)C[C@H](C)O1. The molecule has 2 aliphatic rings. The summed E-state index contributed by atoms with van der Waals surface area (Å²) in [6.45, 7) is 7.16. The summed E-state index contributed by atoms with van der Waals surface area (Å²) >= 11 is 5.41. The molecule has 0 aromatic carbocycles. The summed E-state index contributed by atoms with van der Waals surface area (Å²) in [5.74, 6) is 0. The average molecular weight is 293 g/mol. The van der Waals surface area contributed by atoms with Gasteiger partial charge in [0.05, 0.1) is 18.8 Å². The van der Waals surface area contributed by atoms with Gasteiger partial charge in [0.2, 0.25) is 0 Å². The fourth-order valence-electron chi connectivity index (χ4n) is 1.99. The molecular formula is C10H17BrN2OS. The first-order valence-corrected chi connectivity index (χ1v) is 7.36. The summed E-state index contributed by atoms with van der Waals surface area (Å²) in [7, 11) is 0. The van der Waals surface area contributed by atoms with Crippen LogP contribution in [0, 0.1) is 0 Å². The number of nitrogens with zero attached hydrogens (tertiary/aromatic N) is 2. The molecule has 2 aliphatic heterocycles. The Morgan fingerprint density at radius 1 is 1.47 bits per heavy atom. The number of amidine groups is 1. The summed E-state index contributed by atoms with van der Waals surface area (Å²) in [6, 6.07) is 0. The molecule has 0 bridgehead atoms. The maximum absolute atomic E-state index is 5.71. The van der Waals surface area contributed by atoms with Crippen molar-refractivity contribution in [1.82, 2.24) is 4.90 Å². The second-order valence-electron chi connectivity index (χ2n) is 4.18. The molecule has 2 heterocycles. The quantitative estimate of drug-likeness (QED) is 0.691. The van der Waals surface area contributed by atoms with Gasteiger partial charge in [0.25, 0.3) is 0 Å². The van der Waals surface area contributed by atoms with Crippen LogP contribution >= 0.6 is 27.7 Å². The first-order valence-electron chi connectivity index (χ1n) is 5.36. The zero-order chi connectivity index (χ0) is 10.8. The van der Waals surface area contributed by atoms with Gasteiger partial charge in [0.1, 0.15) is 0 Å². The van der Waals surface area contributed by atoms with E-state index in [9.17, 15) is 0 Å². The number of hydrogen-bond acceptors (Lipinski definition) is 4. The van der Waals surface area contributed by atoms with Crippen molar-refractivity contribution in [2.24, 2.45) is 4.99 Å². The first-order chi connectivity index (χ1) is 7.19. The average Bonchev–Trinajstić information content (AvgIpc) is 2.64. The molecule has 0 saturated carbocycles. The normalized spacial score (nSPS) is 36.9. The third-order valence-corrected chi connectivity index (χ3v) is 5.02. The molecule has 0 spiro atoms. The summed E-state index contributed by atoms with van der Waals surface area (Å²) in [5, 5.41) is 2.86. The van der Waals surface area contributed by atoms with Crippen molar-refractivity contribution in [2.75, 3.05) is 25.0 Å². The second kappa shape index (κ2) is 5.06. The molecule has 2 rings (SSSR count). The highest BCUT2D eigenvalue weighted by molar-refractivity contribution is 9.09. The van der Waals surface area contributed by atoms with E-state index in [0.29, 0.717) is 17.5 Å². The lowest BCUT2D eigenvalue weighted by Gasteiger charge is -2.36. The molecule has 5 heteroatoms. The molecule has 15 heavy (non-hydrogen) atoms. The molecule has 0 amide bonds. The van der Waals surface area contributed by atoms with Gasteiger partial charge in [-0.15, -0.1) is 0 Å². The van der Waals surface area contributed by atoms with Crippen LogP contribution in [0.2, 0.25) is 0 Å². The van der Waals surface area contributed by atoms with E-state index in [-0.39, 0.29) is 0 Å². The van der Waals surface area contributed by atoms with E-state index < -0.39 is 0 Å². The maximum atomic E-state index is 5.71. The van der Waals surface area contributed by atoms with E-state index in [2.05, 4.69) is 39.7 Å². The lowest BCUT2D eigenvalue weighted by Crippen LogP contribution is -2.47. The topological polar surface area (TPSA) is 24.8 Å². The molecule has 0 aliphatic carbocycles. The minimum Gasteiger partial charge on any atom is -0.372 e. The van der Waals surface area contributed by atoms with Gasteiger partial charge in [-0.1, -0.05) is 27.7 Å². The van der Waals surface area contributed by atoms with Crippen LogP contribution in [-0.4, -0.2) is 52.5 Å². The molecule has 0 radical (unpaired) electrons. The zero-order valence-electron chi connectivity index (χ0n) is 9.15. The van der Waals surface area contributed by atoms with E-state index in [1.807, 2.05) is 11.8 Å². The van der Waals surface area contributed by atoms with Gasteiger partial charge in [-0.05, 0) is 13.8 Å². The van der Waals surface area contributed by atoms with E-state index in [4.69, 9.17) is 4.74 Å². The van der Waals surface area contributed by atoms with Crippen LogP contribution in [0.3, 0.4) is 0 Å². The Labute approximate surface area is 104 Å². The number of halogens is 1. The number of morpholine rings is 1. The van der Waals surface area contributed by atoms with Gasteiger partial charge in [0, 0.05) is 23.7 Å². The molecule has 1 fully saturated rings. The number of aliphatic imine (C=N–C) groups is 1. The number of thioether (sulfide) groups is 1. The lowest BCUT2D eigenvalue weighted by molar-refractivity contribution is -0.0471. The maximum Gasteiger partial charge on any atom is 0.159 e. The van der Waals surface area contributed by atoms with Gasteiger partial charge >= 0.3 is 0 Å². The van der Waals surface area contributed by atoms with Crippen LogP contribution < -0.4 is 0 Å². The highest BCUT2D eigenvalue weighted by Gasteiger charge is 2.28. The van der Waals surface area contributed by atoms with Crippen molar-refractivity contribution in [3.63, 3.8) is 0 Å². The molecular weight excluding hydrogens is 276 g/mol. The minimum atomic E-state index is 0.320. The van der Waals surface area contributed by atoms with Crippen molar-refractivity contribution in [3.05, 3.63) is 0 Å². The largest absolute Gasteiger partial charge is 0.372 e. The van der Waals surface area contributed by atoms with Gasteiger partial charge in [-0.3, -0.25) is 4.99 Å². The molecule has 0 N–H and O–H groups in total. The molecule has 3 nitrogen and oxygen atoms in total. The third-order valence-electron chi connectivity index (χ3n) is 2.56. The molecule has 0 aromatic heterocycles. The van der Waals surface area contributed by atoms with E-state index >= 15 is 0 Å². The molecule has 3 atom stereocenters. The van der Waals surface area contributed by atoms with E-state index in [0.717, 1.165) is 25.0 Å². The highest BCUT2D eigenvalue weighted by atomic mass is 79.9. The monoisotopic (exact) mass is 292 g/mol. The Morgan fingerprint density at radius 3 is 2.67 bits per heavy atom. The molecule has 86 valence electrons. The van der Waals surface area contributed by atoms with E-state index in [1.165, 1.54) is 5.17 Å². The first kappa shape index (κ1) is 11.7. The van der Waals surface area contributed by atoms with Crippen LogP contribution in [0.25, 0.3) is 0 Å². The third kappa shape index (κ3) is 2.88. The lowest BCUT2D eigenvalue weighted by atomic mass is 10.2. The van der Waals surface area contributed by atoms with Crippen LogP contribution in [-0.2, 0) is 4.74 Å². The molecule has 1 unspecified atom stereocenters. The number of ether oxygens (including phenoxy) is 1. The second-order valence-corrected chi connectivity index (χ2v) is 6.09. The summed E-state index contributed by atoms with van der Waals surface area (Å²) in [5.41, 5.74) is 0. The van der Waals surface area contributed by atoms with Gasteiger partial charge < -0.3 is 9.64 Å². The predicted octanol–water partition coefficient (Wildman–Crippen LogP) is 1.96. The summed E-state index contributed by atoms with van der Waals surface area (Å²) in [6.07, 6.45) is 0.639. The van der Waals surface area contributed by atoms with E-state index in [1.54, 1.807) is 0 Å². The Morgan fingerprint density at radius 2 is 2.13 bits per heavy atom. The Hall–Kier alpha value is 0.260. The Bertz CT molecular complexity index is 252. The van der Waals surface area contributed by atoms with Crippen LogP contribution in [0.5, 0.6) is 0 Å². The van der Waals surface area contributed by atoms with Crippen LogP contribution in [0.4, 0.5) is 0 Å². The van der Waals surface area contributed by atoms with Gasteiger partial charge in [-0.2, -0.15) is 0 Å². The Balaban J connectivity index is 1.93. The summed E-state index contributed by atoms with van der Waals surface area (Å²) in [4.78, 5) is 6.97. The summed E-state index contributed by atoms with van der Waals surface area (Å²) < 4.78 is 5.71. The number of rotatable bonds is 1. The standard InChI is InChI=1S/C10H17BrN2OS/c1-7-5-13(6-8(2)14-7)10-12-4-9(3-11)15-10/h7-9H,3-6H2,1-2H3/t7-,8+,9?. The van der Waals surface area contributed by atoms with Crippen molar-refractivity contribution in [3.8, 4) is 0 Å². The molecule has 0 aromatic rings. The number of hydrogen-bond donors (Lipinski definition) is 0. The van der Waals surface area contributed by atoms with Gasteiger partial charge in [0.15, 0.2) is 5.17 Å². The fraction of sp³-hybridized carbons (Fsp3) is 0.900. The van der Waals surface area contributed by atoms with Crippen LogP contribution in [0.1, 0.15) is 13.8 Å². The molecule has 1 saturated heterocycles. The highest BCUT2D eigenvalue weighted by Crippen LogP contribution is 2.26. The minimum absolute atomic E-state index is 0.320. The van der Waals surface area contributed by atoms with Crippen LogP contribution in [0.15, 0.2) is 4.99 Å². The van der Waals surface area contributed by atoms with Gasteiger partial charge in [-0.25, -0.2) is 0 Å². The van der Waals surface area contributed by atoms with Crippen molar-refractivity contribution >= 4 is 32.9 Å².